The molecule has 0 radical (unpaired) electrons. The minimum absolute atomic E-state index is 0.0260. The van der Waals surface area contributed by atoms with Crippen molar-refractivity contribution in [2.24, 2.45) is 5.73 Å². The van der Waals surface area contributed by atoms with Gasteiger partial charge in [-0.3, -0.25) is 4.55 Å². The van der Waals surface area contributed by atoms with Gasteiger partial charge in [-0.15, -0.1) is 0 Å². The molecule has 9 heteroatoms. The normalized spacial score (nSPS) is 12.9. The van der Waals surface area contributed by atoms with Crippen LogP contribution >= 0.6 is 0 Å². The molecular formula is C7H17NO6S2. The lowest BCUT2D eigenvalue weighted by molar-refractivity contribution is 0.284. The first-order valence-corrected chi connectivity index (χ1v) is 7.98. The summed E-state index contributed by atoms with van der Waals surface area (Å²) in [5.41, 5.74) is 5.24. The summed E-state index contributed by atoms with van der Waals surface area (Å²) in [5, 5.41) is 0. The largest absolute Gasteiger partial charge is 0.397 e. The number of nitrogens with two attached hydrogens (primary N) is 1. The Morgan fingerprint density at radius 2 is 1.62 bits per heavy atom. The lowest BCUT2D eigenvalue weighted by Crippen LogP contribution is -2.18. The lowest BCUT2D eigenvalue weighted by atomic mass is 10.2. The molecule has 0 bridgehead atoms. The zero-order valence-electron chi connectivity index (χ0n) is 8.83. The van der Waals surface area contributed by atoms with Crippen molar-refractivity contribution in [1.82, 2.24) is 0 Å². The number of rotatable bonds is 9. The van der Waals surface area contributed by atoms with Gasteiger partial charge in [0.15, 0.2) is 9.84 Å². The fourth-order valence-electron chi connectivity index (χ4n) is 1.01. The van der Waals surface area contributed by atoms with Crippen LogP contribution in [0, 0.1) is 0 Å². The minimum Gasteiger partial charge on any atom is -0.330 e. The predicted molar refractivity (Wildman–Crippen MR) is 59.1 cm³/mol. The number of hydrogen-bond donors (Lipinski definition) is 2. The van der Waals surface area contributed by atoms with E-state index >= 15 is 0 Å². The summed E-state index contributed by atoms with van der Waals surface area (Å²) in [4.78, 5) is 0. The highest BCUT2D eigenvalue weighted by Gasteiger charge is 2.13. The van der Waals surface area contributed by atoms with Crippen LogP contribution in [0.3, 0.4) is 0 Å². The highest BCUT2D eigenvalue weighted by molar-refractivity contribution is 7.91. The average Bonchev–Trinajstić information content (AvgIpc) is 2.10. The van der Waals surface area contributed by atoms with Gasteiger partial charge in [0, 0.05) is 0 Å². The van der Waals surface area contributed by atoms with Crippen LogP contribution in [0.5, 0.6) is 0 Å². The van der Waals surface area contributed by atoms with Gasteiger partial charge >= 0.3 is 10.4 Å². The van der Waals surface area contributed by atoms with Crippen LogP contribution in [0.25, 0.3) is 0 Å². The molecular weight excluding hydrogens is 258 g/mol. The Balaban J connectivity index is 3.80. The van der Waals surface area contributed by atoms with Crippen molar-refractivity contribution in [1.29, 1.82) is 0 Å². The summed E-state index contributed by atoms with van der Waals surface area (Å²) in [7, 11) is -7.88. The van der Waals surface area contributed by atoms with Crippen LogP contribution < -0.4 is 5.73 Å². The maximum absolute atomic E-state index is 11.3. The summed E-state index contributed by atoms with van der Waals surface area (Å²) in [6, 6.07) is 0. The molecule has 0 saturated heterocycles. The Morgan fingerprint density at radius 3 is 2.12 bits per heavy atom. The van der Waals surface area contributed by atoms with Gasteiger partial charge in [0.1, 0.15) is 0 Å². The molecule has 0 aliphatic carbocycles. The third-order valence-corrected chi connectivity index (χ3v) is 3.95. The van der Waals surface area contributed by atoms with Crippen molar-refractivity contribution in [3.05, 3.63) is 0 Å². The van der Waals surface area contributed by atoms with Crippen molar-refractivity contribution in [3.63, 3.8) is 0 Å². The van der Waals surface area contributed by atoms with Gasteiger partial charge in [0.05, 0.1) is 18.1 Å². The van der Waals surface area contributed by atoms with Crippen molar-refractivity contribution < 1.29 is 25.6 Å². The van der Waals surface area contributed by atoms with Crippen LogP contribution in [0.1, 0.15) is 19.3 Å². The first-order valence-electron chi connectivity index (χ1n) is 4.79. The van der Waals surface area contributed by atoms with Gasteiger partial charge < -0.3 is 5.73 Å². The van der Waals surface area contributed by atoms with Crippen LogP contribution in [0.2, 0.25) is 0 Å². The topological polar surface area (TPSA) is 124 Å². The summed E-state index contributed by atoms with van der Waals surface area (Å²) >= 11 is 0. The van der Waals surface area contributed by atoms with Crippen molar-refractivity contribution in [2.75, 3.05) is 24.7 Å². The molecule has 0 saturated carbocycles. The molecule has 0 amide bonds. The molecule has 0 aliphatic heterocycles. The van der Waals surface area contributed by atoms with Gasteiger partial charge in [-0.25, -0.2) is 12.6 Å². The van der Waals surface area contributed by atoms with Crippen molar-refractivity contribution in [3.8, 4) is 0 Å². The molecule has 0 aliphatic rings. The van der Waals surface area contributed by atoms with Crippen LogP contribution in [-0.2, 0) is 24.4 Å². The second kappa shape index (κ2) is 7.17. The first-order chi connectivity index (χ1) is 7.27. The fraction of sp³-hybridized carbons (Fsp3) is 1.00. The van der Waals surface area contributed by atoms with Gasteiger partial charge in [0.2, 0.25) is 0 Å². The van der Waals surface area contributed by atoms with Crippen LogP contribution in [0.4, 0.5) is 0 Å². The second-order valence-corrected chi connectivity index (χ2v) is 6.65. The molecule has 0 unspecified atom stereocenters. The quantitative estimate of drug-likeness (QED) is 0.423. The van der Waals surface area contributed by atoms with E-state index in [2.05, 4.69) is 4.18 Å². The van der Waals surface area contributed by atoms with Gasteiger partial charge in [-0.2, -0.15) is 8.42 Å². The fourth-order valence-corrected chi connectivity index (χ4v) is 2.60. The van der Waals surface area contributed by atoms with E-state index in [1.54, 1.807) is 0 Å². The number of sulfone groups is 1. The van der Waals surface area contributed by atoms with E-state index in [4.69, 9.17) is 10.3 Å². The smallest absolute Gasteiger partial charge is 0.330 e. The van der Waals surface area contributed by atoms with E-state index in [0.717, 1.165) is 12.8 Å². The molecule has 98 valence electrons. The van der Waals surface area contributed by atoms with E-state index in [-0.39, 0.29) is 5.75 Å². The number of hydrogen-bond acceptors (Lipinski definition) is 6. The molecule has 3 N–H and O–H groups in total. The summed E-state index contributed by atoms with van der Waals surface area (Å²) in [6.45, 7) is -0.0377. The molecule has 7 nitrogen and oxygen atoms in total. The van der Waals surface area contributed by atoms with Crippen LogP contribution in [0.15, 0.2) is 0 Å². The predicted octanol–water partition coefficient (Wildman–Crippen LogP) is -0.650. The zero-order valence-corrected chi connectivity index (χ0v) is 10.5. The molecule has 0 spiro atoms. The van der Waals surface area contributed by atoms with Crippen LogP contribution in [-0.4, -0.2) is 46.0 Å². The summed E-state index contributed by atoms with van der Waals surface area (Å²) in [6.07, 6.45) is 1.97. The highest BCUT2D eigenvalue weighted by Crippen LogP contribution is 2.00. The standard InChI is InChI=1S/C7H17NO6S2/c8-4-2-1-3-6-15(9,10)7-5-14-16(11,12)13/h1-8H2,(H,11,12,13). The lowest BCUT2D eigenvalue weighted by Gasteiger charge is -2.03. The molecule has 0 aromatic carbocycles. The Morgan fingerprint density at radius 1 is 1.00 bits per heavy atom. The Hall–Kier alpha value is -0.220. The molecule has 0 atom stereocenters. The second-order valence-electron chi connectivity index (χ2n) is 3.25. The summed E-state index contributed by atoms with van der Waals surface area (Å²) in [5.74, 6) is -0.447. The molecule has 0 heterocycles. The van der Waals surface area contributed by atoms with E-state index in [1.807, 2.05) is 0 Å². The van der Waals surface area contributed by atoms with E-state index in [1.165, 1.54) is 0 Å². The first kappa shape index (κ1) is 15.8. The third-order valence-electron chi connectivity index (χ3n) is 1.79. The highest BCUT2D eigenvalue weighted by atomic mass is 32.3. The Kier molecular flexibility index (Phi) is 7.07. The Labute approximate surface area is 95.8 Å². The summed E-state index contributed by atoms with van der Waals surface area (Å²) < 4.78 is 55.0. The van der Waals surface area contributed by atoms with E-state index < -0.39 is 32.6 Å². The van der Waals surface area contributed by atoms with Crippen molar-refractivity contribution >= 4 is 20.2 Å². The molecule has 0 aromatic rings. The van der Waals surface area contributed by atoms with Gasteiger partial charge in [0.25, 0.3) is 0 Å². The molecule has 0 fully saturated rings. The third kappa shape index (κ3) is 10.3. The monoisotopic (exact) mass is 275 g/mol. The number of unbranched alkanes of at least 4 members (excludes halogenated alkanes) is 2. The van der Waals surface area contributed by atoms with Gasteiger partial charge in [-0.1, -0.05) is 6.42 Å². The SMILES string of the molecule is NCCCCCS(=O)(=O)CCOS(=O)(=O)O. The van der Waals surface area contributed by atoms with Crippen molar-refractivity contribution in [2.45, 2.75) is 19.3 Å². The minimum atomic E-state index is -4.56. The van der Waals surface area contributed by atoms with E-state index in [9.17, 15) is 16.8 Å². The molecule has 16 heavy (non-hydrogen) atoms. The van der Waals surface area contributed by atoms with E-state index in [0.29, 0.717) is 13.0 Å². The van der Waals surface area contributed by atoms with Gasteiger partial charge in [-0.05, 0) is 19.4 Å². The zero-order chi connectivity index (χ0) is 12.7. The average molecular weight is 275 g/mol. The molecule has 0 aromatic heterocycles. The molecule has 0 rings (SSSR count). The maximum atomic E-state index is 11.3. The Bertz CT molecular complexity index is 374. The maximum Gasteiger partial charge on any atom is 0.397 e.